The fraction of sp³-hybridized carbons (Fsp3) is 0.0952. The van der Waals surface area contributed by atoms with Crippen molar-refractivity contribution in [1.29, 1.82) is 0 Å². The van der Waals surface area contributed by atoms with Crippen molar-refractivity contribution >= 4 is 28.3 Å². The van der Waals surface area contributed by atoms with Gasteiger partial charge in [0.15, 0.2) is 0 Å². The van der Waals surface area contributed by atoms with E-state index in [4.69, 9.17) is 0 Å². The molecule has 0 saturated carbocycles. The molecule has 0 aliphatic carbocycles. The van der Waals surface area contributed by atoms with Crippen molar-refractivity contribution in [3.63, 3.8) is 0 Å². The first-order valence-electron chi connectivity index (χ1n) is 8.39. The number of hydrogen-bond acceptors (Lipinski definition) is 3. The van der Waals surface area contributed by atoms with Crippen molar-refractivity contribution in [3.05, 3.63) is 83.7 Å². The molecule has 3 aromatic rings. The summed E-state index contributed by atoms with van der Waals surface area (Å²) in [6.45, 7) is 1.53. The molecule has 0 aromatic heterocycles. The standard InChI is InChI=1S/C21H18FN3O2/c1-14(16-10-9-15-5-2-3-6-17(15)11-16)24-25-20(26)13-23-21(27)18-7-4-8-19(22)12-18/h2-12H,13H2,1H3,(H,23,27)(H,25,26)/b24-14+. The Kier molecular flexibility index (Phi) is 5.56. The third-order valence-electron chi connectivity index (χ3n) is 4.01. The second-order valence-electron chi connectivity index (χ2n) is 5.99. The highest BCUT2D eigenvalue weighted by Gasteiger charge is 2.08. The quantitative estimate of drug-likeness (QED) is 0.540. The summed E-state index contributed by atoms with van der Waals surface area (Å²) >= 11 is 0. The highest BCUT2D eigenvalue weighted by molar-refractivity contribution is 6.02. The Morgan fingerprint density at radius 2 is 1.70 bits per heavy atom. The van der Waals surface area contributed by atoms with Gasteiger partial charge in [-0.1, -0.05) is 42.5 Å². The van der Waals surface area contributed by atoms with Crippen LogP contribution in [0.2, 0.25) is 0 Å². The normalized spacial score (nSPS) is 11.3. The molecule has 27 heavy (non-hydrogen) atoms. The van der Waals surface area contributed by atoms with Gasteiger partial charge in [-0.3, -0.25) is 9.59 Å². The molecule has 5 nitrogen and oxygen atoms in total. The summed E-state index contributed by atoms with van der Waals surface area (Å²) in [5, 5.41) is 8.70. The van der Waals surface area contributed by atoms with E-state index in [0.29, 0.717) is 5.71 Å². The van der Waals surface area contributed by atoms with Gasteiger partial charge in [-0.05, 0) is 47.5 Å². The van der Waals surface area contributed by atoms with Gasteiger partial charge < -0.3 is 5.32 Å². The van der Waals surface area contributed by atoms with E-state index in [9.17, 15) is 14.0 Å². The second-order valence-corrected chi connectivity index (χ2v) is 5.99. The zero-order valence-corrected chi connectivity index (χ0v) is 14.7. The van der Waals surface area contributed by atoms with Crippen molar-refractivity contribution in [3.8, 4) is 0 Å². The summed E-state index contributed by atoms with van der Waals surface area (Å²) in [4.78, 5) is 23.8. The van der Waals surface area contributed by atoms with Gasteiger partial charge in [0.05, 0.1) is 12.3 Å². The van der Waals surface area contributed by atoms with Gasteiger partial charge >= 0.3 is 0 Å². The van der Waals surface area contributed by atoms with Crippen molar-refractivity contribution in [2.45, 2.75) is 6.92 Å². The van der Waals surface area contributed by atoms with Crippen molar-refractivity contribution in [1.82, 2.24) is 10.7 Å². The number of nitrogens with zero attached hydrogens (tertiary/aromatic N) is 1. The molecule has 3 rings (SSSR count). The molecule has 3 aromatic carbocycles. The summed E-state index contributed by atoms with van der Waals surface area (Å²) in [7, 11) is 0. The molecule has 0 aliphatic heterocycles. The number of fused-ring (bicyclic) bond motifs is 1. The van der Waals surface area contributed by atoms with E-state index in [1.807, 2.05) is 42.5 Å². The Balaban J connectivity index is 1.57. The molecule has 0 saturated heterocycles. The van der Waals surface area contributed by atoms with E-state index in [0.717, 1.165) is 22.4 Å². The van der Waals surface area contributed by atoms with E-state index in [1.165, 1.54) is 18.2 Å². The number of hydrazone groups is 1. The van der Waals surface area contributed by atoms with Crippen LogP contribution in [0, 0.1) is 5.82 Å². The minimum absolute atomic E-state index is 0.152. The van der Waals surface area contributed by atoms with Gasteiger partial charge in [-0.2, -0.15) is 5.10 Å². The lowest BCUT2D eigenvalue weighted by molar-refractivity contribution is -0.120. The van der Waals surface area contributed by atoms with Crippen LogP contribution >= 0.6 is 0 Å². The maximum atomic E-state index is 13.1. The molecule has 2 N–H and O–H groups in total. The van der Waals surface area contributed by atoms with Gasteiger partial charge in [0.25, 0.3) is 11.8 Å². The number of nitrogens with one attached hydrogen (secondary N) is 2. The third-order valence-corrected chi connectivity index (χ3v) is 4.01. The van der Waals surface area contributed by atoms with E-state index in [-0.39, 0.29) is 12.1 Å². The number of rotatable bonds is 5. The van der Waals surface area contributed by atoms with Gasteiger partial charge in [-0.15, -0.1) is 0 Å². The Morgan fingerprint density at radius 1 is 0.926 bits per heavy atom. The number of benzene rings is 3. The number of carbonyl (C=O) groups is 2. The zero-order chi connectivity index (χ0) is 19.2. The average molecular weight is 363 g/mol. The largest absolute Gasteiger partial charge is 0.343 e. The van der Waals surface area contributed by atoms with Crippen LogP contribution in [0.25, 0.3) is 10.8 Å². The fourth-order valence-corrected chi connectivity index (χ4v) is 2.56. The lowest BCUT2D eigenvalue weighted by Gasteiger charge is -2.06. The minimum Gasteiger partial charge on any atom is -0.343 e. The van der Waals surface area contributed by atoms with E-state index in [1.54, 1.807) is 6.92 Å². The predicted molar refractivity (Wildman–Crippen MR) is 103 cm³/mol. The predicted octanol–water partition coefficient (Wildman–Crippen LogP) is 3.25. The smallest absolute Gasteiger partial charge is 0.259 e. The Labute approximate surface area is 155 Å². The lowest BCUT2D eigenvalue weighted by atomic mass is 10.0. The third kappa shape index (κ3) is 4.76. The highest BCUT2D eigenvalue weighted by atomic mass is 19.1. The first kappa shape index (κ1) is 18.3. The summed E-state index contributed by atoms with van der Waals surface area (Å²) in [6, 6.07) is 19.1. The highest BCUT2D eigenvalue weighted by Crippen LogP contribution is 2.16. The van der Waals surface area contributed by atoms with Crippen LogP contribution in [0.5, 0.6) is 0 Å². The van der Waals surface area contributed by atoms with Crippen LogP contribution < -0.4 is 10.7 Å². The first-order valence-corrected chi connectivity index (χ1v) is 8.39. The molecule has 0 fully saturated rings. The number of hydrogen-bond donors (Lipinski definition) is 2. The molecule has 136 valence electrons. The molecule has 0 heterocycles. The average Bonchev–Trinajstić information content (AvgIpc) is 2.69. The number of carbonyl (C=O) groups excluding carboxylic acids is 2. The molecule has 6 heteroatoms. The van der Waals surface area contributed by atoms with E-state index in [2.05, 4.69) is 15.8 Å². The second kappa shape index (κ2) is 8.23. The summed E-state index contributed by atoms with van der Waals surface area (Å²) < 4.78 is 13.1. The monoisotopic (exact) mass is 363 g/mol. The van der Waals surface area contributed by atoms with Crippen LogP contribution in [-0.4, -0.2) is 24.1 Å². The van der Waals surface area contributed by atoms with Gasteiger partial charge in [-0.25, -0.2) is 9.82 Å². The van der Waals surface area contributed by atoms with Crippen LogP contribution in [0.1, 0.15) is 22.8 Å². The molecule has 0 aliphatic rings. The Hall–Kier alpha value is -3.54. The zero-order valence-electron chi connectivity index (χ0n) is 14.7. The Morgan fingerprint density at radius 3 is 2.48 bits per heavy atom. The maximum Gasteiger partial charge on any atom is 0.259 e. The molecular formula is C21H18FN3O2. The molecule has 0 atom stereocenters. The first-order chi connectivity index (χ1) is 13.0. The molecular weight excluding hydrogens is 345 g/mol. The molecule has 0 spiro atoms. The maximum absolute atomic E-state index is 13.1. The molecule has 0 unspecified atom stereocenters. The van der Waals surface area contributed by atoms with Gasteiger partial charge in [0, 0.05) is 5.56 Å². The van der Waals surface area contributed by atoms with Gasteiger partial charge in [0.2, 0.25) is 0 Å². The molecule has 0 bridgehead atoms. The van der Waals surface area contributed by atoms with Crippen LogP contribution in [0.4, 0.5) is 4.39 Å². The summed E-state index contributed by atoms with van der Waals surface area (Å²) in [5.41, 5.74) is 4.09. The fourth-order valence-electron chi connectivity index (χ4n) is 2.56. The van der Waals surface area contributed by atoms with Crippen molar-refractivity contribution < 1.29 is 14.0 Å². The molecule has 2 amide bonds. The van der Waals surface area contributed by atoms with Crippen LogP contribution in [0.15, 0.2) is 71.8 Å². The van der Waals surface area contributed by atoms with Gasteiger partial charge in [0.1, 0.15) is 5.82 Å². The number of amides is 2. The molecule has 0 radical (unpaired) electrons. The number of halogens is 1. The van der Waals surface area contributed by atoms with Crippen molar-refractivity contribution in [2.75, 3.05) is 6.54 Å². The van der Waals surface area contributed by atoms with Crippen molar-refractivity contribution in [2.24, 2.45) is 5.10 Å². The van der Waals surface area contributed by atoms with E-state index < -0.39 is 17.6 Å². The van der Waals surface area contributed by atoms with Crippen LogP contribution in [0.3, 0.4) is 0 Å². The van der Waals surface area contributed by atoms with E-state index >= 15 is 0 Å². The van der Waals surface area contributed by atoms with Crippen LogP contribution in [-0.2, 0) is 4.79 Å². The minimum atomic E-state index is -0.528. The Bertz CT molecular complexity index is 1030. The summed E-state index contributed by atoms with van der Waals surface area (Å²) in [6.07, 6.45) is 0. The SMILES string of the molecule is C/C(=N\NC(=O)CNC(=O)c1cccc(F)c1)c1ccc2ccccc2c1. The topological polar surface area (TPSA) is 70.6 Å². The lowest BCUT2D eigenvalue weighted by Crippen LogP contribution is -2.35. The summed E-state index contributed by atoms with van der Waals surface area (Å²) in [5.74, 6) is -1.51.